The summed E-state index contributed by atoms with van der Waals surface area (Å²) < 4.78 is 5.46. The van der Waals surface area contributed by atoms with E-state index in [1.54, 1.807) is 12.4 Å². The van der Waals surface area contributed by atoms with Gasteiger partial charge in [0.1, 0.15) is 11.6 Å². The Morgan fingerprint density at radius 2 is 1.88 bits per heavy atom. The van der Waals surface area contributed by atoms with E-state index in [2.05, 4.69) is 15.3 Å². The Hall–Kier alpha value is -3.48. The zero-order valence-corrected chi connectivity index (χ0v) is 18.8. The number of carbonyl (C=O) groups excluding carboxylic acids is 1. The third-order valence-corrected chi connectivity index (χ3v) is 5.84. The second kappa shape index (κ2) is 9.77. The quantitative estimate of drug-likeness (QED) is 0.628. The highest BCUT2D eigenvalue weighted by Gasteiger charge is 2.24. The molecule has 0 bridgehead atoms. The molecule has 0 radical (unpaired) electrons. The van der Waals surface area contributed by atoms with Gasteiger partial charge in [-0.05, 0) is 70.0 Å². The first-order valence-corrected chi connectivity index (χ1v) is 11.1. The number of hydrogen-bond donors (Lipinski definition) is 1. The Kier molecular flexibility index (Phi) is 6.63. The van der Waals surface area contributed by atoms with Gasteiger partial charge in [0, 0.05) is 53.9 Å². The monoisotopic (exact) mass is 431 g/mol. The van der Waals surface area contributed by atoms with Gasteiger partial charge in [0.15, 0.2) is 5.82 Å². The van der Waals surface area contributed by atoms with E-state index in [9.17, 15) is 4.79 Å². The largest absolute Gasteiger partial charge is 0.494 e. The van der Waals surface area contributed by atoms with Gasteiger partial charge in [-0.3, -0.25) is 9.78 Å². The van der Waals surface area contributed by atoms with Crippen LogP contribution in [-0.4, -0.2) is 51.5 Å². The standard InChI is InChI=1S/C25H29N5O2/c1-4-32-22-9-7-19(8-10-22)25(31)30-14-11-21(12-15-30)28-23-17(2)18(3)27-24(29-23)20-6-5-13-26-16-20/h5-10,13,16,21H,4,11-12,14-15H2,1-3H3,(H,27,28,29). The average Bonchev–Trinajstić information content (AvgIpc) is 2.83. The first kappa shape index (κ1) is 21.7. The Morgan fingerprint density at radius 1 is 1.12 bits per heavy atom. The molecule has 32 heavy (non-hydrogen) atoms. The lowest BCUT2D eigenvalue weighted by molar-refractivity contribution is 0.0718. The number of rotatable bonds is 6. The van der Waals surface area contributed by atoms with Crippen LogP contribution in [0, 0.1) is 13.8 Å². The van der Waals surface area contributed by atoms with Crippen molar-refractivity contribution in [2.24, 2.45) is 0 Å². The second-order valence-electron chi connectivity index (χ2n) is 8.02. The van der Waals surface area contributed by atoms with Crippen molar-refractivity contribution in [1.29, 1.82) is 0 Å². The van der Waals surface area contributed by atoms with Crippen LogP contribution in [0.5, 0.6) is 5.75 Å². The fraction of sp³-hybridized carbons (Fsp3) is 0.360. The van der Waals surface area contributed by atoms with Crippen LogP contribution in [0.4, 0.5) is 5.82 Å². The number of aryl methyl sites for hydroxylation is 1. The van der Waals surface area contributed by atoms with Gasteiger partial charge in [0.2, 0.25) is 0 Å². The molecule has 1 N–H and O–H groups in total. The maximum atomic E-state index is 12.9. The van der Waals surface area contributed by atoms with E-state index in [1.165, 1.54) is 0 Å². The van der Waals surface area contributed by atoms with Crippen LogP contribution in [0.2, 0.25) is 0 Å². The van der Waals surface area contributed by atoms with E-state index >= 15 is 0 Å². The van der Waals surface area contributed by atoms with Gasteiger partial charge >= 0.3 is 0 Å². The van der Waals surface area contributed by atoms with Gasteiger partial charge in [0.05, 0.1) is 6.61 Å². The molecule has 7 nitrogen and oxygen atoms in total. The summed E-state index contributed by atoms with van der Waals surface area (Å²) in [5.74, 6) is 2.38. The predicted octanol–water partition coefficient (Wildman–Crippen LogP) is 4.27. The summed E-state index contributed by atoms with van der Waals surface area (Å²) in [5, 5.41) is 3.59. The van der Waals surface area contributed by atoms with Gasteiger partial charge in [-0.25, -0.2) is 9.97 Å². The molecular formula is C25H29N5O2. The van der Waals surface area contributed by atoms with Crippen LogP contribution in [0.1, 0.15) is 41.4 Å². The van der Waals surface area contributed by atoms with Crippen molar-refractivity contribution < 1.29 is 9.53 Å². The molecule has 0 spiro atoms. The summed E-state index contributed by atoms with van der Waals surface area (Å²) in [6.45, 7) is 8.02. The molecule has 2 aromatic heterocycles. The number of benzene rings is 1. The third-order valence-electron chi connectivity index (χ3n) is 5.84. The van der Waals surface area contributed by atoms with Crippen LogP contribution in [-0.2, 0) is 0 Å². The minimum absolute atomic E-state index is 0.0689. The minimum Gasteiger partial charge on any atom is -0.494 e. The molecule has 1 aromatic carbocycles. The zero-order valence-electron chi connectivity index (χ0n) is 18.8. The molecule has 1 saturated heterocycles. The number of pyridine rings is 1. The van der Waals surface area contributed by atoms with Crippen molar-refractivity contribution in [2.45, 2.75) is 39.7 Å². The van der Waals surface area contributed by atoms with Gasteiger partial charge in [-0.15, -0.1) is 0 Å². The molecule has 0 unspecified atom stereocenters. The van der Waals surface area contributed by atoms with Crippen molar-refractivity contribution >= 4 is 11.7 Å². The van der Waals surface area contributed by atoms with Crippen molar-refractivity contribution in [3.8, 4) is 17.1 Å². The first-order chi connectivity index (χ1) is 15.5. The summed E-state index contributed by atoms with van der Waals surface area (Å²) in [6, 6.07) is 11.5. The zero-order chi connectivity index (χ0) is 22.5. The third kappa shape index (κ3) is 4.88. The normalized spacial score (nSPS) is 14.3. The smallest absolute Gasteiger partial charge is 0.253 e. The highest BCUT2D eigenvalue weighted by Crippen LogP contribution is 2.24. The molecule has 0 atom stereocenters. The van der Waals surface area contributed by atoms with Crippen LogP contribution >= 0.6 is 0 Å². The molecule has 1 amide bonds. The summed E-state index contributed by atoms with van der Waals surface area (Å²) in [7, 11) is 0. The lowest BCUT2D eigenvalue weighted by atomic mass is 10.0. The topological polar surface area (TPSA) is 80.2 Å². The Morgan fingerprint density at radius 3 is 2.53 bits per heavy atom. The molecule has 3 aromatic rings. The number of nitrogens with zero attached hydrogens (tertiary/aromatic N) is 4. The molecule has 0 saturated carbocycles. The first-order valence-electron chi connectivity index (χ1n) is 11.1. The fourth-order valence-electron chi connectivity index (χ4n) is 3.86. The van der Waals surface area contributed by atoms with Gasteiger partial charge in [-0.1, -0.05) is 0 Å². The van der Waals surface area contributed by atoms with Crippen LogP contribution in [0.25, 0.3) is 11.4 Å². The van der Waals surface area contributed by atoms with Crippen molar-refractivity contribution in [1.82, 2.24) is 19.9 Å². The Balaban J connectivity index is 1.40. The Bertz CT molecular complexity index is 1060. The number of hydrogen-bond acceptors (Lipinski definition) is 6. The summed E-state index contributed by atoms with van der Waals surface area (Å²) in [5.41, 5.74) is 3.59. The Labute approximate surface area is 188 Å². The highest BCUT2D eigenvalue weighted by molar-refractivity contribution is 5.94. The summed E-state index contributed by atoms with van der Waals surface area (Å²) in [6.07, 6.45) is 5.26. The highest BCUT2D eigenvalue weighted by atomic mass is 16.5. The fourth-order valence-corrected chi connectivity index (χ4v) is 3.86. The molecule has 7 heteroatoms. The number of ether oxygens (including phenoxy) is 1. The van der Waals surface area contributed by atoms with Crippen molar-refractivity contribution in [3.05, 3.63) is 65.6 Å². The van der Waals surface area contributed by atoms with Gasteiger partial charge in [0.25, 0.3) is 5.91 Å². The van der Waals surface area contributed by atoms with Gasteiger partial charge < -0.3 is 15.0 Å². The van der Waals surface area contributed by atoms with Crippen LogP contribution in [0.15, 0.2) is 48.8 Å². The number of piperidine rings is 1. The maximum absolute atomic E-state index is 12.9. The van der Waals surface area contributed by atoms with E-state index in [1.807, 2.05) is 62.1 Å². The predicted molar refractivity (Wildman–Crippen MR) is 125 cm³/mol. The summed E-state index contributed by atoms with van der Waals surface area (Å²) >= 11 is 0. The van der Waals surface area contributed by atoms with Gasteiger partial charge in [-0.2, -0.15) is 0 Å². The lowest BCUT2D eigenvalue weighted by Gasteiger charge is -2.33. The average molecular weight is 432 g/mol. The number of aromatic nitrogens is 3. The molecule has 1 fully saturated rings. The van der Waals surface area contributed by atoms with Crippen molar-refractivity contribution in [2.75, 3.05) is 25.0 Å². The van der Waals surface area contributed by atoms with Crippen LogP contribution < -0.4 is 10.1 Å². The van der Waals surface area contributed by atoms with E-state index < -0.39 is 0 Å². The van der Waals surface area contributed by atoms with Crippen molar-refractivity contribution in [3.63, 3.8) is 0 Å². The number of amides is 1. The van der Waals surface area contributed by atoms with E-state index in [0.717, 1.165) is 41.2 Å². The lowest BCUT2D eigenvalue weighted by Crippen LogP contribution is -2.42. The number of nitrogens with one attached hydrogen (secondary N) is 1. The van der Waals surface area contributed by atoms with E-state index in [0.29, 0.717) is 31.1 Å². The molecule has 166 valence electrons. The van der Waals surface area contributed by atoms with E-state index in [-0.39, 0.29) is 11.9 Å². The van der Waals surface area contributed by atoms with E-state index in [4.69, 9.17) is 9.72 Å². The molecule has 1 aliphatic rings. The molecular weight excluding hydrogens is 402 g/mol. The summed E-state index contributed by atoms with van der Waals surface area (Å²) in [4.78, 5) is 28.4. The van der Waals surface area contributed by atoms with Crippen LogP contribution in [0.3, 0.4) is 0 Å². The number of anilines is 1. The number of carbonyl (C=O) groups is 1. The minimum atomic E-state index is 0.0689. The number of likely N-dealkylation sites (tertiary alicyclic amines) is 1. The molecule has 0 aliphatic carbocycles. The molecule has 3 heterocycles. The SMILES string of the molecule is CCOc1ccc(C(=O)N2CCC(Nc3nc(-c4cccnc4)nc(C)c3C)CC2)cc1. The molecule has 4 rings (SSSR count). The maximum Gasteiger partial charge on any atom is 0.253 e. The molecule has 1 aliphatic heterocycles. The second-order valence-corrected chi connectivity index (χ2v) is 8.02.